The molecule has 1 aliphatic carbocycles. The number of nitrogens with zero attached hydrogens (tertiary/aromatic N) is 1. The molecule has 16 heavy (non-hydrogen) atoms. The smallest absolute Gasteiger partial charge is 0.182 e. The van der Waals surface area contributed by atoms with Crippen molar-refractivity contribution >= 4 is 11.5 Å². The minimum atomic E-state index is -0.386. The van der Waals surface area contributed by atoms with Crippen LogP contribution in [0.15, 0.2) is 4.99 Å². The minimum Gasteiger partial charge on any atom is -0.392 e. The van der Waals surface area contributed by atoms with Crippen LogP contribution in [0.3, 0.4) is 0 Å². The van der Waals surface area contributed by atoms with Crippen LogP contribution >= 0.6 is 0 Å². The molecule has 3 nitrogen and oxygen atoms in total. The summed E-state index contributed by atoms with van der Waals surface area (Å²) in [6, 6.07) is 0. The molecule has 0 spiro atoms. The number of hydrogen-bond donors (Lipinski definition) is 1. The molecule has 2 aliphatic rings. The van der Waals surface area contributed by atoms with E-state index in [0.29, 0.717) is 11.6 Å². The maximum Gasteiger partial charge on any atom is 0.182 e. The maximum atomic E-state index is 12.2. The normalized spacial score (nSPS) is 34.5. The second-order valence-corrected chi connectivity index (χ2v) is 6.16. The van der Waals surface area contributed by atoms with Crippen LogP contribution in [0.25, 0.3) is 0 Å². The third kappa shape index (κ3) is 2.05. The lowest BCUT2D eigenvalue weighted by Gasteiger charge is -2.38. The van der Waals surface area contributed by atoms with E-state index in [4.69, 9.17) is 0 Å². The second-order valence-electron chi connectivity index (χ2n) is 6.16. The van der Waals surface area contributed by atoms with Crippen LogP contribution in [0, 0.1) is 17.3 Å². The van der Waals surface area contributed by atoms with Gasteiger partial charge in [-0.3, -0.25) is 9.79 Å². The summed E-state index contributed by atoms with van der Waals surface area (Å²) in [5.41, 5.74) is 0.263. The van der Waals surface area contributed by atoms with Crippen LogP contribution in [0.5, 0.6) is 0 Å². The Kier molecular flexibility index (Phi) is 2.91. The van der Waals surface area contributed by atoms with Gasteiger partial charge in [-0.15, -0.1) is 0 Å². The number of Topliss-reactive ketones (excluding diaryl/α,β-unsaturated/α-hetero) is 1. The predicted molar refractivity (Wildman–Crippen MR) is 63.6 cm³/mol. The third-order valence-corrected chi connectivity index (χ3v) is 3.71. The Hall–Kier alpha value is -0.700. The number of rotatable bonds is 1. The summed E-state index contributed by atoms with van der Waals surface area (Å²) in [6.07, 6.45) is 2.47. The molecule has 1 fully saturated rings. The standard InChI is InChI=1S/C13H21NO2/c1-13(2,3)12(16)11-9-6-8(7-14-11)4-5-10(9)15/h8-10,15H,4-7H2,1-3H3/t8-,9-,10?/m0/s1. The summed E-state index contributed by atoms with van der Waals surface area (Å²) < 4.78 is 0. The van der Waals surface area contributed by atoms with E-state index in [-0.39, 0.29) is 23.2 Å². The van der Waals surface area contributed by atoms with Gasteiger partial charge in [-0.2, -0.15) is 0 Å². The van der Waals surface area contributed by atoms with Crippen molar-refractivity contribution in [2.24, 2.45) is 22.2 Å². The zero-order chi connectivity index (χ0) is 11.9. The van der Waals surface area contributed by atoms with E-state index in [1.165, 1.54) is 0 Å². The molecule has 90 valence electrons. The number of aliphatic hydroxyl groups is 1. The molecule has 1 saturated carbocycles. The molecule has 1 aliphatic heterocycles. The lowest BCUT2D eigenvalue weighted by molar-refractivity contribution is -0.120. The molecule has 0 amide bonds. The van der Waals surface area contributed by atoms with Gasteiger partial charge in [-0.25, -0.2) is 0 Å². The molecule has 0 aromatic carbocycles. The quantitative estimate of drug-likeness (QED) is 0.737. The number of carbonyl (C=O) groups is 1. The average molecular weight is 223 g/mol. The first-order chi connectivity index (χ1) is 7.39. The Bertz CT molecular complexity index is 327. The van der Waals surface area contributed by atoms with Gasteiger partial charge in [0, 0.05) is 17.9 Å². The lowest BCUT2D eigenvalue weighted by atomic mass is 9.71. The molecule has 3 atom stereocenters. The number of carbonyl (C=O) groups excluding carboxylic acids is 1. The van der Waals surface area contributed by atoms with Gasteiger partial charge in [0.2, 0.25) is 0 Å². The average Bonchev–Trinajstić information content (AvgIpc) is 2.22. The van der Waals surface area contributed by atoms with E-state index in [0.717, 1.165) is 25.8 Å². The van der Waals surface area contributed by atoms with Gasteiger partial charge in [0.25, 0.3) is 0 Å². The number of aliphatic imine (C=N–C) groups is 1. The summed E-state index contributed by atoms with van der Waals surface area (Å²) in [7, 11) is 0. The van der Waals surface area contributed by atoms with Crippen molar-refractivity contribution in [1.29, 1.82) is 0 Å². The molecule has 0 aromatic heterocycles. The van der Waals surface area contributed by atoms with E-state index in [9.17, 15) is 9.90 Å². The molecule has 1 heterocycles. The Labute approximate surface area is 97.0 Å². The number of hydrogen-bond acceptors (Lipinski definition) is 3. The van der Waals surface area contributed by atoms with Gasteiger partial charge in [-0.1, -0.05) is 20.8 Å². The molecule has 0 saturated heterocycles. The van der Waals surface area contributed by atoms with Crippen molar-refractivity contribution in [2.45, 2.75) is 46.1 Å². The van der Waals surface area contributed by atoms with Gasteiger partial charge in [-0.05, 0) is 25.2 Å². The Morgan fingerprint density at radius 1 is 1.38 bits per heavy atom. The predicted octanol–water partition coefficient (Wildman–Crippen LogP) is 1.83. The number of ketones is 1. The highest BCUT2D eigenvalue weighted by Gasteiger charge is 2.40. The fourth-order valence-electron chi connectivity index (χ4n) is 2.67. The van der Waals surface area contributed by atoms with Gasteiger partial charge in [0.15, 0.2) is 5.78 Å². The van der Waals surface area contributed by atoms with Crippen LogP contribution in [0.4, 0.5) is 0 Å². The highest BCUT2D eigenvalue weighted by molar-refractivity contribution is 6.42. The SMILES string of the molecule is CC(C)(C)C(=O)C1=NC[C@H]2CCC(O)[C@@H]1C2. The first-order valence-corrected chi connectivity index (χ1v) is 6.17. The molecular formula is C13H21NO2. The molecule has 1 unspecified atom stereocenters. The Morgan fingerprint density at radius 2 is 2.06 bits per heavy atom. The summed E-state index contributed by atoms with van der Waals surface area (Å²) in [4.78, 5) is 16.7. The second kappa shape index (κ2) is 3.95. The number of aliphatic hydroxyl groups excluding tert-OH is 1. The largest absolute Gasteiger partial charge is 0.392 e. The maximum absolute atomic E-state index is 12.2. The van der Waals surface area contributed by atoms with Gasteiger partial charge in [0.1, 0.15) is 0 Å². The molecule has 2 rings (SSSR count). The summed E-state index contributed by atoms with van der Waals surface area (Å²) in [5.74, 6) is 0.695. The van der Waals surface area contributed by atoms with Crippen LogP contribution < -0.4 is 0 Å². The first kappa shape index (κ1) is 11.8. The van der Waals surface area contributed by atoms with E-state index in [1.807, 2.05) is 20.8 Å². The van der Waals surface area contributed by atoms with E-state index in [1.54, 1.807) is 0 Å². The van der Waals surface area contributed by atoms with Gasteiger partial charge in [0.05, 0.1) is 11.8 Å². The third-order valence-electron chi connectivity index (χ3n) is 3.71. The van der Waals surface area contributed by atoms with E-state index >= 15 is 0 Å². The molecule has 0 aromatic rings. The Balaban J connectivity index is 2.24. The van der Waals surface area contributed by atoms with Crippen LogP contribution in [-0.4, -0.2) is 29.3 Å². The van der Waals surface area contributed by atoms with Crippen molar-refractivity contribution in [3.8, 4) is 0 Å². The van der Waals surface area contributed by atoms with Crippen molar-refractivity contribution < 1.29 is 9.90 Å². The highest BCUT2D eigenvalue weighted by atomic mass is 16.3. The Morgan fingerprint density at radius 3 is 2.69 bits per heavy atom. The molecular weight excluding hydrogens is 202 g/mol. The summed E-state index contributed by atoms with van der Waals surface area (Å²) >= 11 is 0. The minimum absolute atomic E-state index is 0.000718. The zero-order valence-electron chi connectivity index (χ0n) is 10.4. The van der Waals surface area contributed by atoms with E-state index < -0.39 is 0 Å². The lowest BCUT2D eigenvalue weighted by Crippen LogP contribution is -2.45. The monoisotopic (exact) mass is 223 g/mol. The summed E-state index contributed by atoms with van der Waals surface area (Å²) in [6.45, 7) is 6.53. The van der Waals surface area contributed by atoms with Crippen molar-refractivity contribution in [1.82, 2.24) is 0 Å². The molecule has 3 heteroatoms. The summed E-state index contributed by atoms with van der Waals surface area (Å²) in [5, 5.41) is 9.97. The zero-order valence-corrected chi connectivity index (χ0v) is 10.4. The molecule has 0 radical (unpaired) electrons. The van der Waals surface area contributed by atoms with Gasteiger partial charge >= 0.3 is 0 Å². The van der Waals surface area contributed by atoms with Gasteiger partial charge < -0.3 is 5.11 Å². The van der Waals surface area contributed by atoms with Crippen LogP contribution in [0.1, 0.15) is 40.0 Å². The van der Waals surface area contributed by atoms with Crippen molar-refractivity contribution in [3.05, 3.63) is 0 Å². The first-order valence-electron chi connectivity index (χ1n) is 6.17. The highest BCUT2D eigenvalue weighted by Crippen LogP contribution is 2.35. The van der Waals surface area contributed by atoms with Crippen molar-refractivity contribution in [3.63, 3.8) is 0 Å². The topological polar surface area (TPSA) is 49.7 Å². The van der Waals surface area contributed by atoms with Crippen molar-refractivity contribution in [2.75, 3.05) is 6.54 Å². The fraction of sp³-hybridized carbons (Fsp3) is 0.846. The van der Waals surface area contributed by atoms with E-state index in [2.05, 4.69) is 4.99 Å². The fourth-order valence-corrected chi connectivity index (χ4v) is 2.67. The molecule has 2 bridgehead atoms. The van der Waals surface area contributed by atoms with Crippen LogP contribution in [-0.2, 0) is 4.79 Å². The van der Waals surface area contributed by atoms with Crippen LogP contribution in [0.2, 0.25) is 0 Å². The molecule has 1 N–H and O–H groups in total. The number of fused-ring (bicyclic) bond motifs is 2.